The first-order chi connectivity index (χ1) is 14.5. The van der Waals surface area contributed by atoms with Gasteiger partial charge in [-0.25, -0.2) is 0 Å². The summed E-state index contributed by atoms with van der Waals surface area (Å²) in [5.41, 5.74) is 1.91. The van der Waals surface area contributed by atoms with Gasteiger partial charge in [0.05, 0.1) is 20.8 Å². The second-order valence-corrected chi connectivity index (χ2v) is 7.99. The molecule has 4 rings (SSSR count). The van der Waals surface area contributed by atoms with Gasteiger partial charge < -0.3 is 9.77 Å². The third-order valence-corrected chi connectivity index (χ3v) is 6.12. The lowest BCUT2D eigenvalue weighted by molar-refractivity contribution is -0.384. The van der Waals surface area contributed by atoms with Crippen molar-refractivity contribution >= 4 is 50.3 Å². The predicted octanol–water partition coefficient (Wildman–Crippen LogP) is 5.96. The van der Waals surface area contributed by atoms with E-state index in [-0.39, 0.29) is 17.2 Å². The number of rotatable bonds is 7. The normalized spacial score (nSPS) is 12.0. The third kappa shape index (κ3) is 3.35. The lowest BCUT2D eigenvalue weighted by Gasteiger charge is -2.04. The highest BCUT2D eigenvalue weighted by Crippen LogP contribution is 2.36. The van der Waals surface area contributed by atoms with Crippen molar-refractivity contribution in [2.24, 2.45) is 5.16 Å². The van der Waals surface area contributed by atoms with Crippen LogP contribution in [-0.4, -0.2) is 26.2 Å². The zero-order chi connectivity index (χ0) is 21.3. The lowest BCUT2D eigenvalue weighted by Crippen LogP contribution is -2.13. The summed E-state index contributed by atoms with van der Waals surface area (Å²) in [6, 6.07) is 16.1. The predicted molar refractivity (Wildman–Crippen MR) is 118 cm³/mol. The number of hydrogen-bond donors (Lipinski definition) is 1. The number of thiophene rings is 1. The van der Waals surface area contributed by atoms with E-state index in [1.54, 1.807) is 18.2 Å². The number of carbonyl (C=O) groups excluding carboxylic acids is 1. The number of ketones is 1. The average molecular weight is 421 g/mol. The molecule has 0 saturated carbocycles. The fourth-order valence-corrected chi connectivity index (χ4v) is 4.57. The van der Waals surface area contributed by atoms with Gasteiger partial charge in [-0.1, -0.05) is 36.7 Å². The van der Waals surface area contributed by atoms with Gasteiger partial charge in [-0.3, -0.25) is 14.9 Å². The summed E-state index contributed by atoms with van der Waals surface area (Å²) in [6.45, 7) is 2.01. The van der Waals surface area contributed by atoms with Gasteiger partial charge in [0.2, 0.25) is 5.78 Å². The van der Waals surface area contributed by atoms with Gasteiger partial charge in [0.15, 0.2) is 0 Å². The van der Waals surface area contributed by atoms with Crippen LogP contribution in [0.15, 0.2) is 59.8 Å². The molecule has 0 spiro atoms. The summed E-state index contributed by atoms with van der Waals surface area (Å²) in [6.07, 6.45) is 2.10. The minimum atomic E-state index is -0.403. The maximum atomic E-state index is 12.7. The number of carbonyl (C=O) groups is 1. The first-order valence-corrected chi connectivity index (χ1v) is 10.4. The second-order valence-electron chi connectivity index (χ2n) is 6.93. The number of para-hydroxylation sites is 1. The number of benzene rings is 2. The Morgan fingerprint density at radius 3 is 2.63 bits per heavy atom. The maximum absolute atomic E-state index is 12.7. The van der Waals surface area contributed by atoms with Crippen molar-refractivity contribution in [3.63, 3.8) is 0 Å². The molecule has 2 aromatic heterocycles. The monoisotopic (exact) mass is 421 g/mol. The zero-order valence-corrected chi connectivity index (χ0v) is 17.1. The van der Waals surface area contributed by atoms with Gasteiger partial charge in [-0.15, -0.1) is 11.3 Å². The number of hydrogen-bond acceptors (Lipinski definition) is 6. The summed E-state index contributed by atoms with van der Waals surface area (Å²) in [4.78, 5) is 24.1. The van der Waals surface area contributed by atoms with Crippen molar-refractivity contribution in [1.82, 2.24) is 4.57 Å². The molecule has 0 atom stereocenters. The van der Waals surface area contributed by atoms with Crippen LogP contribution in [0.1, 0.15) is 35.9 Å². The fraction of sp³-hybridized carbons (Fsp3) is 0.182. The number of nitro benzene ring substituents is 1. The van der Waals surface area contributed by atoms with Crippen LogP contribution in [0.25, 0.3) is 26.8 Å². The van der Waals surface area contributed by atoms with E-state index < -0.39 is 4.92 Å². The van der Waals surface area contributed by atoms with Gasteiger partial charge in [0.1, 0.15) is 10.7 Å². The molecular weight excluding hydrogens is 402 g/mol. The maximum Gasteiger partial charge on any atom is 0.270 e. The fourth-order valence-electron chi connectivity index (χ4n) is 3.58. The summed E-state index contributed by atoms with van der Waals surface area (Å²) in [5.74, 6) is -0.279. The van der Waals surface area contributed by atoms with Crippen LogP contribution in [0.4, 0.5) is 5.69 Å². The van der Waals surface area contributed by atoms with Crippen LogP contribution in [-0.2, 0) is 0 Å². The molecule has 1 N–H and O–H groups in total. The van der Waals surface area contributed by atoms with E-state index >= 15 is 0 Å². The molecule has 0 bridgehead atoms. The minimum absolute atomic E-state index is 0.0344. The van der Waals surface area contributed by atoms with E-state index in [4.69, 9.17) is 0 Å². The van der Waals surface area contributed by atoms with Crippen LogP contribution in [0.5, 0.6) is 0 Å². The van der Waals surface area contributed by atoms with Crippen molar-refractivity contribution < 1.29 is 14.9 Å². The molecule has 8 heteroatoms. The number of oxime groups is 1. The van der Waals surface area contributed by atoms with Crippen molar-refractivity contribution in [3.05, 3.63) is 69.6 Å². The molecule has 2 aromatic carbocycles. The molecular formula is C22H19N3O4S. The van der Waals surface area contributed by atoms with Crippen LogP contribution >= 0.6 is 11.3 Å². The Morgan fingerprint density at radius 1 is 1.13 bits per heavy atom. The Morgan fingerprint density at radius 2 is 1.90 bits per heavy atom. The smallest absolute Gasteiger partial charge is 0.270 e. The van der Waals surface area contributed by atoms with Gasteiger partial charge in [0, 0.05) is 22.9 Å². The standard InChI is InChI=1S/C22H19N3O4S/c1-2-3-7-17(23-27)22(26)20-11-12-21(30-20)24-18-8-5-4-6-15(18)16-13-14(25(28)29)9-10-19(16)24/h4-6,8-13,27H,2-3,7H2,1H3. The average Bonchev–Trinajstić information content (AvgIpc) is 3.36. The van der Waals surface area contributed by atoms with E-state index in [0.29, 0.717) is 11.3 Å². The molecule has 152 valence electrons. The van der Waals surface area contributed by atoms with Crippen LogP contribution in [0.3, 0.4) is 0 Å². The van der Waals surface area contributed by atoms with Gasteiger partial charge in [-0.05, 0) is 37.1 Å². The van der Waals surface area contributed by atoms with E-state index in [1.165, 1.54) is 17.4 Å². The molecule has 0 aliphatic carbocycles. The number of non-ortho nitro benzene ring substituents is 1. The third-order valence-electron chi connectivity index (χ3n) is 5.05. The van der Waals surface area contributed by atoms with Crippen molar-refractivity contribution in [3.8, 4) is 5.00 Å². The largest absolute Gasteiger partial charge is 0.411 e. The molecule has 0 saturated heterocycles. The Kier molecular flexibility index (Phi) is 5.33. The number of unbranched alkanes of at least 4 members (excludes halogenated alkanes) is 1. The quantitative estimate of drug-likeness (QED) is 0.131. The molecule has 30 heavy (non-hydrogen) atoms. The highest BCUT2D eigenvalue weighted by atomic mass is 32.1. The van der Waals surface area contributed by atoms with Crippen molar-refractivity contribution in [1.29, 1.82) is 0 Å². The summed E-state index contributed by atoms with van der Waals surface area (Å²) in [7, 11) is 0. The highest BCUT2D eigenvalue weighted by Gasteiger charge is 2.20. The van der Waals surface area contributed by atoms with Crippen LogP contribution in [0, 0.1) is 10.1 Å². The minimum Gasteiger partial charge on any atom is -0.411 e. The highest BCUT2D eigenvalue weighted by molar-refractivity contribution is 7.17. The van der Waals surface area contributed by atoms with Gasteiger partial charge in [0.25, 0.3) is 5.69 Å². The number of nitrogens with zero attached hydrogens (tertiary/aromatic N) is 3. The van der Waals surface area contributed by atoms with Gasteiger partial charge in [-0.2, -0.15) is 0 Å². The number of aromatic nitrogens is 1. The summed E-state index contributed by atoms with van der Waals surface area (Å²) < 4.78 is 2.00. The first-order valence-electron chi connectivity index (χ1n) is 9.58. The SMILES string of the molecule is CCCCC(=NO)C(=O)c1ccc(-n2c3ccccc3c3cc([N+](=O)[O-])ccc32)s1. The lowest BCUT2D eigenvalue weighted by atomic mass is 10.1. The molecule has 7 nitrogen and oxygen atoms in total. The number of nitro groups is 1. The molecule has 0 aliphatic rings. The Labute approximate surface area is 176 Å². The van der Waals surface area contributed by atoms with E-state index in [1.807, 2.05) is 41.8 Å². The summed E-state index contributed by atoms with van der Waals surface area (Å²) >= 11 is 1.30. The Bertz CT molecular complexity index is 1300. The van der Waals surface area contributed by atoms with E-state index in [0.717, 1.165) is 39.6 Å². The summed E-state index contributed by atoms with van der Waals surface area (Å²) in [5, 5.41) is 26.2. The van der Waals surface area contributed by atoms with Crippen LogP contribution < -0.4 is 0 Å². The van der Waals surface area contributed by atoms with E-state index in [9.17, 15) is 20.1 Å². The Balaban J connectivity index is 1.84. The first kappa shape index (κ1) is 19.8. The molecule has 0 aliphatic heterocycles. The number of fused-ring (bicyclic) bond motifs is 3. The molecule has 2 heterocycles. The Hall–Kier alpha value is -3.52. The van der Waals surface area contributed by atoms with E-state index in [2.05, 4.69) is 5.16 Å². The van der Waals surface area contributed by atoms with Gasteiger partial charge >= 0.3 is 0 Å². The molecule has 0 radical (unpaired) electrons. The topological polar surface area (TPSA) is 97.7 Å². The number of Topliss-reactive ketones (excluding diaryl/α,β-unsaturated/α-hetero) is 1. The second kappa shape index (κ2) is 8.08. The molecule has 0 fully saturated rings. The molecule has 0 unspecified atom stereocenters. The molecule has 0 amide bonds. The molecule has 4 aromatic rings. The van der Waals surface area contributed by atoms with Crippen LogP contribution in [0.2, 0.25) is 0 Å². The zero-order valence-electron chi connectivity index (χ0n) is 16.2. The van der Waals surface area contributed by atoms with Crippen molar-refractivity contribution in [2.75, 3.05) is 0 Å². The van der Waals surface area contributed by atoms with Crippen molar-refractivity contribution in [2.45, 2.75) is 26.2 Å².